The number of hydrogen-bond donors (Lipinski definition) is 0. The van der Waals surface area contributed by atoms with Gasteiger partial charge in [-0.1, -0.05) is 0 Å². The number of nitrogens with zero attached hydrogens (tertiary/aromatic N) is 3. The molecule has 0 saturated carbocycles. The molecule has 0 unspecified atom stereocenters. The van der Waals surface area contributed by atoms with Gasteiger partial charge in [0.25, 0.3) is 0 Å². The zero-order valence-electron chi connectivity index (χ0n) is 16.2. The summed E-state index contributed by atoms with van der Waals surface area (Å²) in [6.07, 6.45) is 3.10. The Morgan fingerprint density at radius 3 is 2.31 bits per heavy atom. The second-order valence-electron chi connectivity index (χ2n) is 7.51. The van der Waals surface area contributed by atoms with Crippen molar-refractivity contribution in [1.82, 2.24) is 14.7 Å². The van der Waals surface area contributed by atoms with E-state index in [4.69, 9.17) is 9.47 Å². The van der Waals surface area contributed by atoms with Gasteiger partial charge in [-0.3, -0.25) is 9.69 Å². The van der Waals surface area contributed by atoms with E-state index in [-0.39, 0.29) is 12.0 Å². The number of piperidine rings is 1. The fourth-order valence-electron chi connectivity index (χ4n) is 3.74. The molecule has 2 heterocycles. The normalized spacial score (nSPS) is 22.0. The van der Waals surface area contributed by atoms with Gasteiger partial charge < -0.3 is 19.3 Å². The molecule has 2 aliphatic rings. The SMILES string of the molecule is COc1ccc(OC2CCN(C(=O)CN3CC[C@@H](N(C)C)C3)CC2)cc1. The minimum Gasteiger partial charge on any atom is -0.497 e. The molecule has 0 aromatic heterocycles. The van der Waals surface area contributed by atoms with Crippen molar-refractivity contribution in [3.63, 3.8) is 0 Å². The Labute approximate surface area is 156 Å². The predicted molar refractivity (Wildman–Crippen MR) is 102 cm³/mol. The molecule has 0 bridgehead atoms. The van der Waals surface area contributed by atoms with Crippen LogP contribution in [0.25, 0.3) is 0 Å². The fourth-order valence-corrected chi connectivity index (χ4v) is 3.74. The number of likely N-dealkylation sites (N-methyl/N-ethyl adjacent to an activating group) is 1. The Bertz CT molecular complexity index is 582. The third-order valence-corrected chi connectivity index (χ3v) is 5.49. The van der Waals surface area contributed by atoms with Crippen LogP contribution < -0.4 is 9.47 Å². The van der Waals surface area contributed by atoms with Crippen molar-refractivity contribution < 1.29 is 14.3 Å². The van der Waals surface area contributed by atoms with E-state index in [1.54, 1.807) is 7.11 Å². The molecule has 2 saturated heterocycles. The van der Waals surface area contributed by atoms with E-state index < -0.39 is 0 Å². The maximum absolute atomic E-state index is 12.6. The van der Waals surface area contributed by atoms with Crippen LogP contribution in [-0.2, 0) is 4.79 Å². The number of methoxy groups -OCH3 is 1. The summed E-state index contributed by atoms with van der Waals surface area (Å²) in [7, 11) is 5.89. The van der Waals surface area contributed by atoms with E-state index in [9.17, 15) is 4.79 Å². The van der Waals surface area contributed by atoms with Crippen LogP contribution in [0.4, 0.5) is 0 Å². The zero-order valence-corrected chi connectivity index (χ0v) is 16.2. The number of carbonyl (C=O) groups is 1. The molecule has 0 N–H and O–H groups in total. The fraction of sp³-hybridized carbons (Fsp3) is 0.650. The Hall–Kier alpha value is -1.79. The molecule has 0 radical (unpaired) electrons. The molecule has 1 aromatic rings. The summed E-state index contributed by atoms with van der Waals surface area (Å²) in [5, 5.41) is 0. The van der Waals surface area contributed by atoms with Gasteiger partial charge in [-0.15, -0.1) is 0 Å². The Kier molecular flexibility index (Phi) is 6.38. The molecule has 0 spiro atoms. The van der Waals surface area contributed by atoms with Crippen molar-refractivity contribution >= 4 is 5.91 Å². The zero-order chi connectivity index (χ0) is 18.5. The van der Waals surface area contributed by atoms with E-state index in [2.05, 4.69) is 23.9 Å². The average molecular weight is 361 g/mol. The first-order chi connectivity index (χ1) is 12.5. The number of likely N-dealkylation sites (tertiary alicyclic amines) is 2. The van der Waals surface area contributed by atoms with Crippen molar-refractivity contribution in [1.29, 1.82) is 0 Å². The first kappa shape index (κ1) is 19.0. The smallest absolute Gasteiger partial charge is 0.236 e. The molecule has 1 aromatic carbocycles. The summed E-state index contributed by atoms with van der Waals surface area (Å²) in [6.45, 7) is 4.13. The van der Waals surface area contributed by atoms with Crippen molar-refractivity contribution in [2.24, 2.45) is 0 Å². The first-order valence-corrected chi connectivity index (χ1v) is 9.52. The predicted octanol–water partition coefficient (Wildman–Crippen LogP) is 1.70. The summed E-state index contributed by atoms with van der Waals surface area (Å²) >= 11 is 0. The molecule has 0 aliphatic carbocycles. The molecule has 3 rings (SSSR count). The molecule has 6 nitrogen and oxygen atoms in total. The van der Waals surface area contributed by atoms with Crippen LogP contribution >= 0.6 is 0 Å². The van der Waals surface area contributed by atoms with Crippen LogP contribution in [0, 0.1) is 0 Å². The molecule has 6 heteroatoms. The van der Waals surface area contributed by atoms with Crippen molar-refractivity contribution in [3.05, 3.63) is 24.3 Å². The lowest BCUT2D eigenvalue weighted by molar-refractivity contribution is -0.134. The quantitative estimate of drug-likeness (QED) is 0.772. The molecule has 1 amide bonds. The van der Waals surface area contributed by atoms with Gasteiger partial charge in [0, 0.05) is 45.1 Å². The largest absolute Gasteiger partial charge is 0.497 e. The summed E-state index contributed by atoms with van der Waals surface area (Å²) in [6, 6.07) is 8.26. The van der Waals surface area contributed by atoms with Gasteiger partial charge in [0.05, 0.1) is 13.7 Å². The van der Waals surface area contributed by atoms with Crippen LogP contribution in [-0.4, -0.2) is 86.7 Å². The van der Waals surface area contributed by atoms with Crippen molar-refractivity contribution in [2.75, 3.05) is 53.9 Å². The maximum Gasteiger partial charge on any atom is 0.236 e. The number of ether oxygens (including phenoxy) is 2. The highest BCUT2D eigenvalue weighted by molar-refractivity contribution is 5.78. The third kappa shape index (κ3) is 4.89. The van der Waals surface area contributed by atoms with Gasteiger partial charge >= 0.3 is 0 Å². The number of rotatable bonds is 6. The number of hydrogen-bond acceptors (Lipinski definition) is 5. The van der Waals surface area contributed by atoms with Gasteiger partial charge in [0.15, 0.2) is 0 Å². The maximum atomic E-state index is 12.6. The highest BCUT2D eigenvalue weighted by atomic mass is 16.5. The molecule has 144 valence electrons. The highest BCUT2D eigenvalue weighted by Crippen LogP contribution is 2.22. The molecule has 2 fully saturated rings. The average Bonchev–Trinajstić information content (AvgIpc) is 3.12. The molecular weight excluding hydrogens is 330 g/mol. The monoisotopic (exact) mass is 361 g/mol. The van der Waals surface area contributed by atoms with E-state index >= 15 is 0 Å². The van der Waals surface area contributed by atoms with Gasteiger partial charge in [-0.2, -0.15) is 0 Å². The summed E-state index contributed by atoms with van der Waals surface area (Å²) in [4.78, 5) is 19.1. The van der Waals surface area contributed by atoms with Crippen LogP contribution in [0.15, 0.2) is 24.3 Å². The lowest BCUT2D eigenvalue weighted by Gasteiger charge is -2.33. The van der Waals surface area contributed by atoms with Crippen LogP contribution in [0.3, 0.4) is 0 Å². The van der Waals surface area contributed by atoms with E-state index in [0.29, 0.717) is 12.6 Å². The second-order valence-corrected chi connectivity index (χ2v) is 7.51. The standard InChI is InChI=1S/C20H31N3O3/c1-21(2)16-8-11-22(14-16)15-20(24)23-12-9-19(10-13-23)26-18-6-4-17(25-3)5-7-18/h4-7,16,19H,8-15H2,1-3H3/t16-/m1/s1. The molecule has 1 atom stereocenters. The van der Waals surface area contributed by atoms with Gasteiger partial charge in [0.1, 0.15) is 17.6 Å². The molecule has 2 aliphatic heterocycles. The first-order valence-electron chi connectivity index (χ1n) is 9.52. The lowest BCUT2D eigenvalue weighted by Crippen LogP contribution is -2.46. The lowest BCUT2D eigenvalue weighted by atomic mass is 10.1. The van der Waals surface area contributed by atoms with Gasteiger partial charge in [-0.25, -0.2) is 0 Å². The highest BCUT2D eigenvalue weighted by Gasteiger charge is 2.29. The minimum absolute atomic E-state index is 0.178. The Balaban J connectivity index is 1.41. The van der Waals surface area contributed by atoms with Gasteiger partial charge in [-0.05, 0) is 44.8 Å². The van der Waals surface area contributed by atoms with E-state index in [0.717, 1.165) is 56.9 Å². The number of carbonyl (C=O) groups excluding carboxylic acids is 1. The second kappa shape index (κ2) is 8.73. The third-order valence-electron chi connectivity index (χ3n) is 5.49. The minimum atomic E-state index is 0.178. The van der Waals surface area contributed by atoms with Crippen molar-refractivity contribution in [3.8, 4) is 11.5 Å². The van der Waals surface area contributed by atoms with Crippen molar-refractivity contribution in [2.45, 2.75) is 31.4 Å². The Morgan fingerprint density at radius 1 is 1.08 bits per heavy atom. The van der Waals surface area contributed by atoms with Crippen LogP contribution in [0.2, 0.25) is 0 Å². The Morgan fingerprint density at radius 2 is 1.73 bits per heavy atom. The number of amides is 1. The van der Waals surface area contributed by atoms with Gasteiger partial charge in [0.2, 0.25) is 5.91 Å². The van der Waals surface area contributed by atoms with E-state index in [1.165, 1.54) is 0 Å². The molecule has 26 heavy (non-hydrogen) atoms. The van der Waals surface area contributed by atoms with E-state index in [1.807, 2.05) is 29.2 Å². The summed E-state index contributed by atoms with van der Waals surface area (Å²) in [5.41, 5.74) is 0. The van der Waals surface area contributed by atoms with Crippen LogP contribution in [0.5, 0.6) is 11.5 Å². The topological polar surface area (TPSA) is 45.3 Å². The summed E-state index contributed by atoms with van der Waals surface area (Å²) in [5.74, 6) is 1.95. The summed E-state index contributed by atoms with van der Waals surface area (Å²) < 4.78 is 11.2. The van der Waals surface area contributed by atoms with Crippen LogP contribution in [0.1, 0.15) is 19.3 Å². The number of benzene rings is 1. The molecular formula is C20H31N3O3.